The Morgan fingerprint density at radius 1 is 0.431 bits per heavy atom. The number of furan rings is 1. The number of para-hydroxylation sites is 2. The third-order valence-corrected chi connectivity index (χ3v) is 11.0. The molecule has 0 aliphatic heterocycles. The van der Waals surface area contributed by atoms with Gasteiger partial charge in [0.25, 0.3) is 0 Å². The van der Waals surface area contributed by atoms with Crippen LogP contribution in [-0.4, -0.2) is 19.5 Å². The number of benzene rings is 7. The molecule has 4 heterocycles. The van der Waals surface area contributed by atoms with Gasteiger partial charge in [0.15, 0.2) is 17.5 Å². The van der Waals surface area contributed by atoms with Gasteiger partial charge < -0.3 is 8.98 Å². The van der Waals surface area contributed by atoms with Crippen molar-refractivity contribution in [2.24, 2.45) is 0 Å². The molecule has 0 aliphatic carbocycles. The number of nitrogens with zero attached hydrogens (tertiary/aromatic N) is 4. The first-order valence-corrected chi connectivity index (χ1v) is 17.8. The lowest BCUT2D eigenvalue weighted by Gasteiger charge is -2.08. The fraction of sp³-hybridized carbons (Fsp3) is 0. The van der Waals surface area contributed by atoms with Crippen molar-refractivity contribution < 1.29 is 4.42 Å². The van der Waals surface area contributed by atoms with Gasteiger partial charge in [-0.05, 0) is 48.5 Å². The van der Waals surface area contributed by atoms with Crippen molar-refractivity contribution >= 4 is 75.3 Å². The van der Waals surface area contributed by atoms with Gasteiger partial charge in [-0.25, -0.2) is 15.0 Å². The van der Waals surface area contributed by atoms with E-state index in [0.717, 1.165) is 49.7 Å². The predicted octanol–water partition coefficient (Wildman–Crippen LogP) is 12.2. The number of rotatable bonds is 4. The highest BCUT2D eigenvalue weighted by molar-refractivity contribution is 7.26. The lowest BCUT2D eigenvalue weighted by molar-refractivity contribution is 0.673. The molecule has 0 saturated heterocycles. The van der Waals surface area contributed by atoms with E-state index in [0.29, 0.717) is 17.5 Å². The van der Waals surface area contributed by atoms with Gasteiger partial charge in [-0.3, -0.25) is 0 Å². The maximum Gasteiger partial charge on any atom is 0.164 e. The van der Waals surface area contributed by atoms with Crippen LogP contribution in [0.3, 0.4) is 0 Å². The van der Waals surface area contributed by atoms with Gasteiger partial charge >= 0.3 is 0 Å². The van der Waals surface area contributed by atoms with E-state index in [2.05, 4.69) is 102 Å². The van der Waals surface area contributed by atoms with Crippen LogP contribution in [0.15, 0.2) is 162 Å². The van der Waals surface area contributed by atoms with Gasteiger partial charge in [0, 0.05) is 64.1 Å². The minimum Gasteiger partial charge on any atom is -0.455 e. The van der Waals surface area contributed by atoms with Crippen molar-refractivity contribution in [1.29, 1.82) is 0 Å². The van der Waals surface area contributed by atoms with E-state index in [1.165, 1.54) is 36.6 Å². The summed E-state index contributed by atoms with van der Waals surface area (Å²) in [4.78, 5) is 14.8. The van der Waals surface area contributed by atoms with E-state index in [1.54, 1.807) is 0 Å². The molecular formula is C45H26N4OS. The highest BCUT2D eigenvalue weighted by atomic mass is 32.1. The van der Waals surface area contributed by atoms with E-state index >= 15 is 0 Å². The van der Waals surface area contributed by atoms with Crippen LogP contribution in [0.1, 0.15) is 0 Å². The van der Waals surface area contributed by atoms with E-state index in [1.807, 2.05) is 72.0 Å². The monoisotopic (exact) mass is 670 g/mol. The lowest BCUT2D eigenvalue weighted by atomic mass is 10.1. The van der Waals surface area contributed by atoms with Crippen molar-refractivity contribution in [3.63, 3.8) is 0 Å². The molecule has 0 saturated carbocycles. The molecule has 0 atom stereocenters. The lowest BCUT2D eigenvalue weighted by Crippen LogP contribution is -2.00. The van der Waals surface area contributed by atoms with Crippen molar-refractivity contribution in [2.45, 2.75) is 0 Å². The maximum atomic E-state index is 6.77. The molecule has 0 radical (unpaired) electrons. The summed E-state index contributed by atoms with van der Waals surface area (Å²) in [6.45, 7) is 0. The van der Waals surface area contributed by atoms with Crippen molar-refractivity contribution in [2.75, 3.05) is 0 Å². The molecule has 51 heavy (non-hydrogen) atoms. The van der Waals surface area contributed by atoms with Crippen LogP contribution in [0.2, 0.25) is 0 Å². The van der Waals surface area contributed by atoms with Gasteiger partial charge in [0.1, 0.15) is 11.2 Å². The van der Waals surface area contributed by atoms with E-state index in [4.69, 9.17) is 19.4 Å². The molecular weight excluding hydrogens is 645 g/mol. The van der Waals surface area contributed by atoms with Gasteiger partial charge in [-0.2, -0.15) is 0 Å². The van der Waals surface area contributed by atoms with Crippen LogP contribution in [0.25, 0.3) is 104 Å². The summed E-state index contributed by atoms with van der Waals surface area (Å²) < 4.78 is 11.6. The van der Waals surface area contributed by atoms with Gasteiger partial charge in [-0.1, -0.05) is 109 Å². The van der Waals surface area contributed by atoms with Gasteiger partial charge in [-0.15, -0.1) is 11.3 Å². The minimum absolute atomic E-state index is 0.605. The number of hydrogen-bond acceptors (Lipinski definition) is 5. The fourth-order valence-corrected chi connectivity index (χ4v) is 8.64. The van der Waals surface area contributed by atoms with E-state index in [-0.39, 0.29) is 0 Å². The molecule has 4 aromatic heterocycles. The second-order valence-electron chi connectivity index (χ2n) is 12.8. The predicted molar refractivity (Wildman–Crippen MR) is 211 cm³/mol. The number of hydrogen-bond donors (Lipinski definition) is 0. The van der Waals surface area contributed by atoms with E-state index < -0.39 is 0 Å². The largest absolute Gasteiger partial charge is 0.455 e. The Hall–Kier alpha value is -6.63. The number of fused-ring (bicyclic) bond motifs is 10. The third kappa shape index (κ3) is 4.37. The fourth-order valence-electron chi connectivity index (χ4n) is 7.50. The van der Waals surface area contributed by atoms with Gasteiger partial charge in [0.05, 0.1) is 11.0 Å². The molecule has 0 bridgehead atoms. The summed E-state index contributed by atoms with van der Waals surface area (Å²) >= 11 is 1.81. The molecule has 0 spiro atoms. The molecule has 0 fully saturated rings. The zero-order valence-electron chi connectivity index (χ0n) is 27.1. The Morgan fingerprint density at radius 2 is 1.00 bits per heavy atom. The molecule has 0 amide bonds. The summed E-state index contributed by atoms with van der Waals surface area (Å²) in [6.07, 6.45) is 0. The van der Waals surface area contributed by atoms with Crippen LogP contribution in [-0.2, 0) is 0 Å². The Bertz CT molecular complexity index is 3030. The van der Waals surface area contributed by atoms with Crippen molar-refractivity contribution in [1.82, 2.24) is 19.5 Å². The highest BCUT2D eigenvalue weighted by Gasteiger charge is 2.19. The molecule has 0 aliphatic rings. The second-order valence-corrected chi connectivity index (χ2v) is 13.9. The highest BCUT2D eigenvalue weighted by Crippen LogP contribution is 2.43. The maximum absolute atomic E-state index is 6.77. The van der Waals surface area contributed by atoms with Gasteiger partial charge in [0.2, 0.25) is 0 Å². The Kier molecular flexibility index (Phi) is 6.05. The van der Waals surface area contributed by atoms with Crippen molar-refractivity contribution in [3.8, 4) is 39.9 Å². The summed E-state index contributed by atoms with van der Waals surface area (Å²) in [5, 5.41) is 7.03. The molecule has 238 valence electrons. The first kappa shape index (κ1) is 28.2. The number of thiophene rings is 1. The molecule has 6 heteroatoms. The standard InChI is InChI=1S/C45H26N4OS/c1-3-11-27(12-4-1)43-46-44(28-13-5-2-6-14-28)48-45(47-43)29-19-21-33-34-23-24-39-41(42(34)50-38(33)25-29)35-22-20-30(26-40(35)51-39)49-36-17-9-7-15-31(36)32-16-8-10-18-37(32)49/h1-26H. The smallest absolute Gasteiger partial charge is 0.164 e. The number of aromatic nitrogens is 4. The first-order valence-electron chi connectivity index (χ1n) is 16.9. The normalized spacial score (nSPS) is 11.9. The SMILES string of the molecule is c1ccc(-c2nc(-c3ccccc3)nc(-c3ccc4c(c3)oc3c4ccc4sc5cc(-n6c7ccccc7c7ccccc76)ccc5c43)n2)cc1. The Balaban J connectivity index is 1.07. The zero-order chi connectivity index (χ0) is 33.5. The molecule has 0 unspecified atom stereocenters. The van der Waals surface area contributed by atoms with Crippen LogP contribution in [0.5, 0.6) is 0 Å². The zero-order valence-corrected chi connectivity index (χ0v) is 27.9. The van der Waals surface area contributed by atoms with Crippen LogP contribution in [0, 0.1) is 0 Å². The summed E-state index contributed by atoms with van der Waals surface area (Å²) in [5.41, 5.74) is 8.03. The molecule has 5 nitrogen and oxygen atoms in total. The molecule has 11 rings (SSSR count). The average molecular weight is 671 g/mol. The first-order chi connectivity index (χ1) is 25.3. The topological polar surface area (TPSA) is 56.7 Å². The molecule has 0 N–H and O–H groups in total. The third-order valence-electron chi connectivity index (χ3n) is 9.85. The van der Waals surface area contributed by atoms with Crippen molar-refractivity contribution in [3.05, 3.63) is 158 Å². The minimum atomic E-state index is 0.605. The second kappa shape index (κ2) is 10.9. The Labute approximate surface area is 295 Å². The van der Waals surface area contributed by atoms with Crippen LogP contribution >= 0.6 is 11.3 Å². The van der Waals surface area contributed by atoms with Crippen LogP contribution < -0.4 is 0 Å². The quantitative estimate of drug-likeness (QED) is 0.187. The average Bonchev–Trinajstić information content (AvgIpc) is 3.87. The molecule has 11 aromatic rings. The molecule has 7 aromatic carbocycles. The Morgan fingerprint density at radius 3 is 1.67 bits per heavy atom. The van der Waals surface area contributed by atoms with E-state index in [9.17, 15) is 0 Å². The summed E-state index contributed by atoms with van der Waals surface area (Å²) in [5.74, 6) is 1.88. The summed E-state index contributed by atoms with van der Waals surface area (Å²) in [6, 6.07) is 54.9. The summed E-state index contributed by atoms with van der Waals surface area (Å²) in [7, 11) is 0. The van der Waals surface area contributed by atoms with Crippen LogP contribution in [0.4, 0.5) is 0 Å².